The van der Waals surface area contributed by atoms with Gasteiger partial charge in [0.1, 0.15) is 5.82 Å². The fraction of sp³-hybridized carbons (Fsp3) is 0.00917. The first-order valence-corrected chi connectivity index (χ1v) is 38.7. The summed E-state index contributed by atoms with van der Waals surface area (Å²) in [6.45, 7) is -3.14. The number of para-hydroxylation sites is 2. The molecule has 0 aliphatic heterocycles. The number of aromatic nitrogens is 4. The van der Waals surface area contributed by atoms with Gasteiger partial charge in [-0.15, -0.1) is 29.7 Å². The zero-order valence-electron chi connectivity index (χ0n) is 118. The van der Waals surface area contributed by atoms with Crippen molar-refractivity contribution in [2.24, 2.45) is 0 Å². The minimum Gasteiger partial charge on any atom is -0.510 e. The van der Waals surface area contributed by atoms with Gasteiger partial charge < -0.3 is 13.9 Å². The van der Waals surface area contributed by atoms with Gasteiger partial charge in [-0.05, 0) is 163 Å². The molecule has 5 nitrogen and oxygen atoms in total. The SMILES string of the molecule is [2H]c1c([2H])c([2H])c(-c2cnc(-n3c4[c-]c(Oc5[c-]c(-n6[c-][n+](-c7c(-c8c([2H])c(-c9c([2H])c([2H])c([2H])c([2H])c9[2H])c([2H])c(-c9c([2H])c([2H])c([2H])c([2H])c9[2H])c8[2H])cccc7-c7c([2H])c([2H])c([2H])c([Si](c8c([2H])c([2H])c([2H])c([2H])c8[2H])(c8c([2H])c([2H])c([2H])c([2H])c8[2H])c8c([2H])c([2H])c([2H])c([2H])c8[2H])c7[2H])c7ccc(-c8c([2H])c([2H])c([2H])c([Si](c9c([2H])c([2H])c([2H])c([2H])c9[2H])(c9c([2H])c([2H])c([2H])c([2H])c9[2H])c9c([2H])c([2H])c([2H])c([2H])c9[2H])c8[2H])cc76)ccc5)ccc4c4ccccc43)cc2C([2H])([2H])[2H])c([2H])c1[2H].[Pt]. The molecule has 0 atom stereocenters. The van der Waals surface area contributed by atoms with Gasteiger partial charge >= 0.3 is 0 Å². The van der Waals surface area contributed by atoms with Crippen molar-refractivity contribution >= 4 is 90.5 Å². The largest absolute Gasteiger partial charge is 0.510 e. The van der Waals surface area contributed by atoms with Crippen LogP contribution in [0.1, 0.15) is 86.4 Å². The number of aryl methyl sites for hydroxylation is 1. The molecule has 3 heterocycles. The summed E-state index contributed by atoms with van der Waals surface area (Å²) < 4.78 is 578. The molecular formula is C109H76N4OPtSi2-2. The average Bonchev–Trinajstić information content (AvgIpc) is 0.796. The molecule has 0 bridgehead atoms. The van der Waals surface area contributed by atoms with Crippen molar-refractivity contribution < 1.29 is 111 Å². The van der Waals surface area contributed by atoms with Gasteiger partial charge in [0.15, 0.2) is 16.1 Å². The Morgan fingerprint density at radius 2 is 0.803 bits per heavy atom. The van der Waals surface area contributed by atoms with E-state index in [1.807, 2.05) is 0 Å². The zero-order chi connectivity index (χ0) is 129. The number of pyridine rings is 1. The van der Waals surface area contributed by atoms with Crippen molar-refractivity contribution in [3.05, 3.63) is 466 Å². The van der Waals surface area contributed by atoms with Crippen LogP contribution in [-0.4, -0.2) is 30.3 Å². The molecule has 8 heteroatoms. The van der Waals surface area contributed by atoms with Crippen molar-refractivity contribution in [3.8, 4) is 95.5 Å². The van der Waals surface area contributed by atoms with Crippen LogP contribution in [0.15, 0.2) is 442 Å². The topological polar surface area (TPSA) is 35.9 Å². The summed E-state index contributed by atoms with van der Waals surface area (Å²) in [5.41, 5.74) is -14.0. The van der Waals surface area contributed by atoms with E-state index in [2.05, 4.69) is 23.4 Å². The van der Waals surface area contributed by atoms with Gasteiger partial charge in [0.2, 0.25) is 0 Å². The molecule has 20 aromatic rings. The third-order valence-electron chi connectivity index (χ3n) is 18.9. The number of fused-ring (bicyclic) bond motifs is 4. The number of ether oxygens (including phenoxy) is 1. The molecule has 3 aromatic heterocycles. The third kappa shape index (κ3) is 13.4. The second kappa shape index (κ2) is 31.8. The van der Waals surface area contributed by atoms with E-state index in [1.165, 1.54) is 34.9 Å². The van der Waals surface area contributed by atoms with E-state index >= 15 is 0 Å². The first kappa shape index (κ1) is 33.1. The summed E-state index contributed by atoms with van der Waals surface area (Å²) in [7, 11) is -13.8. The molecule has 0 spiro atoms. The van der Waals surface area contributed by atoms with E-state index in [9.17, 15) is 53.5 Å². The first-order valence-electron chi connectivity index (χ1n) is 64.2. The number of hydrogen-bond donors (Lipinski definition) is 0. The minimum absolute atomic E-state index is 0. The second-order valence-corrected chi connectivity index (χ2v) is 32.2. The normalized spacial score (nSPS) is 18.8. The Kier molecular flexibility index (Phi) is 9.01. The van der Waals surface area contributed by atoms with Crippen LogP contribution in [0.25, 0.3) is 117 Å². The maximum atomic E-state index is 11.5. The number of imidazole rings is 1. The van der Waals surface area contributed by atoms with Crippen molar-refractivity contribution in [2.75, 3.05) is 0 Å². The van der Waals surface area contributed by atoms with E-state index in [1.54, 1.807) is 24.3 Å². The summed E-state index contributed by atoms with van der Waals surface area (Å²) in [4.78, 5) is 4.66. The van der Waals surface area contributed by atoms with Crippen LogP contribution < -0.4 is 50.8 Å². The molecule has 0 N–H and O–H groups in total. The van der Waals surface area contributed by atoms with Gasteiger partial charge in [-0.25, -0.2) is 4.98 Å². The number of hydrogen-bond acceptors (Lipinski definition) is 2. The maximum absolute atomic E-state index is 11.5. The molecule has 117 heavy (non-hydrogen) atoms. The van der Waals surface area contributed by atoms with Crippen LogP contribution in [0.3, 0.4) is 0 Å². The van der Waals surface area contributed by atoms with Crippen molar-refractivity contribution in [3.63, 3.8) is 0 Å². The number of benzene rings is 17. The van der Waals surface area contributed by atoms with Crippen molar-refractivity contribution in [2.45, 2.75) is 6.85 Å². The van der Waals surface area contributed by atoms with Gasteiger partial charge in [-0.2, -0.15) is 18.2 Å². The monoisotopic (exact) mass is 1770 g/mol. The van der Waals surface area contributed by atoms with Crippen LogP contribution in [0.5, 0.6) is 11.5 Å². The Morgan fingerprint density at radius 1 is 0.350 bits per heavy atom. The molecule has 0 unspecified atom stereocenters. The van der Waals surface area contributed by atoms with Crippen LogP contribution in [0.4, 0.5) is 0 Å². The van der Waals surface area contributed by atoms with Crippen LogP contribution >= 0.6 is 0 Å². The number of nitrogens with zero attached hydrogens (tertiary/aromatic N) is 4. The van der Waals surface area contributed by atoms with Crippen LogP contribution in [0.2, 0.25) is 0 Å². The third-order valence-corrected chi connectivity index (χ3v) is 26.9. The standard InChI is InChI=1S/C109H76N4OSi2.Pt/c1-78-67-108(110-76-103(78)81-39-15-4-16-40-81)113-104-62-30-29-59-101(104)102-65-64-90(75-106(102)113)114-89-44-33-43-88(74-89)111-77-112(105-66-63-83(73-107(105)111)82-41-31-57-97(71-82)115(91-45-17-5-18-46-91,92-47-19-6-20-48-92)93-49-21-7-22-50-93)109-99(60-34-61-100(109)87-69-85(79-35-11-2-12-36-79)68-86(70-87)80-37-13-3-14-38-80)84-42-32-58-98(72-84)116(94-51-23-8-24-52-94,95-53-25-9-26-54-95)96-55-27-10-28-56-96;/h2-73,76H,1H3;/q-2;/i1D3,2D,3D,4D,5D,6D,7D,8D,9D,10D,11D,12D,13D,14D,15D,16D,17D,18D,19D,20D,21D,22D,23D,24D,25D,26D,27D,28D,31D,32D,35D,36D,37D,38D,39D,40D,41D,42D,45D,46D,47D,48D,49D,50D,51D,52D,53D,54D,55D,56D,57D,58D,68D,69D,70D,71D,72D;. The summed E-state index contributed by atoms with van der Waals surface area (Å²) in [5, 5.41) is -9.94. The van der Waals surface area contributed by atoms with Gasteiger partial charge in [0, 0.05) is 54.0 Å². The molecule has 0 saturated carbocycles. The molecule has 0 saturated heterocycles. The Hall–Kier alpha value is -13.9. The molecule has 20 rings (SSSR count). The maximum Gasteiger partial charge on any atom is 0.268 e. The van der Waals surface area contributed by atoms with Gasteiger partial charge in [0.05, 0.1) is 93.5 Å². The Morgan fingerprint density at radius 3 is 1.34 bits per heavy atom. The summed E-state index contributed by atoms with van der Waals surface area (Å²) in [5.74, 6) is -0.846. The summed E-state index contributed by atoms with van der Waals surface area (Å²) in [6.07, 6.45) is 4.13. The average molecular weight is 1770 g/mol. The Labute approximate surface area is 781 Å². The van der Waals surface area contributed by atoms with Gasteiger partial charge in [-0.1, -0.05) is 374 Å². The zero-order valence-corrected chi connectivity index (χ0v) is 63.6. The molecule has 0 radical (unpaired) electrons. The predicted octanol–water partition coefficient (Wildman–Crippen LogP) is 20.7. The predicted molar refractivity (Wildman–Crippen MR) is 485 cm³/mol. The van der Waals surface area contributed by atoms with Crippen LogP contribution in [0, 0.1) is 25.3 Å². The van der Waals surface area contributed by atoms with Crippen LogP contribution in [-0.2, 0) is 21.1 Å². The number of rotatable bonds is 19. The summed E-state index contributed by atoms with van der Waals surface area (Å²) in [6, 6.07) is -46.4. The molecular weight excluding hydrogens is 1630 g/mol. The van der Waals surface area contributed by atoms with Gasteiger partial charge in [0.25, 0.3) is 6.33 Å². The first-order chi connectivity index (χ1) is 81.9. The minimum atomic E-state index is -7.00. The second-order valence-electron chi connectivity index (χ2n) is 25.2. The quantitative estimate of drug-likeness (QED) is 0.0350. The fourth-order valence-electron chi connectivity index (χ4n) is 13.9. The molecule has 0 aliphatic carbocycles. The van der Waals surface area contributed by atoms with E-state index in [-0.39, 0.29) is 43.7 Å². The van der Waals surface area contributed by atoms with Crippen molar-refractivity contribution in [1.82, 2.24) is 14.1 Å². The molecule has 0 aliphatic rings. The van der Waals surface area contributed by atoms with Crippen molar-refractivity contribution in [1.29, 1.82) is 0 Å². The molecule has 558 valence electrons. The Balaban J connectivity index is 0.0000188. The van der Waals surface area contributed by atoms with E-state index < -0.39 is 498 Å². The van der Waals surface area contributed by atoms with E-state index in [0.717, 1.165) is 57.8 Å². The summed E-state index contributed by atoms with van der Waals surface area (Å²) >= 11 is 0. The van der Waals surface area contributed by atoms with Gasteiger partial charge in [-0.3, -0.25) is 4.57 Å². The Bertz CT molecular complexity index is 10100. The fourth-order valence-corrected chi connectivity index (χ4v) is 21.1. The smallest absolute Gasteiger partial charge is 0.268 e. The molecule has 0 amide bonds. The van der Waals surface area contributed by atoms with E-state index in [0.29, 0.717) is 16.3 Å². The van der Waals surface area contributed by atoms with E-state index in [4.69, 9.17) is 32.2 Å². The molecule has 0 fully saturated rings. The molecule has 17 aromatic carbocycles.